The van der Waals surface area contributed by atoms with Gasteiger partial charge < -0.3 is 11.1 Å². The van der Waals surface area contributed by atoms with Gasteiger partial charge in [-0.25, -0.2) is 4.68 Å². The number of hydrogen-bond donors (Lipinski definition) is 2. The molecule has 0 bridgehead atoms. The molecule has 1 aromatic heterocycles. The molecule has 0 saturated carbocycles. The van der Waals surface area contributed by atoms with Crippen LogP contribution in [0.3, 0.4) is 0 Å². The van der Waals surface area contributed by atoms with Crippen LogP contribution in [0.5, 0.6) is 0 Å². The molecule has 0 aliphatic heterocycles. The van der Waals surface area contributed by atoms with E-state index in [9.17, 15) is 4.79 Å². The quantitative estimate of drug-likeness (QED) is 0.746. The Labute approximate surface area is 120 Å². The molecule has 6 nitrogen and oxygen atoms in total. The monoisotopic (exact) mass is 279 g/mol. The summed E-state index contributed by atoms with van der Waals surface area (Å²) in [5, 5.41) is 3.25. The Hall–Kier alpha value is -1.98. The van der Waals surface area contributed by atoms with Gasteiger partial charge in [0.25, 0.3) is 5.56 Å². The number of allylic oxidation sites excluding steroid dienone is 2. The van der Waals surface area contributed by atoms with Gasteiger partial charge >= 0.3 is 0 Å². The molecule has 0 aliphatic rings. The Kier molecular flexibility index (Phi) is 6.09. The van der Waals surface area contributed by atoms with Crippen molar-refractivity contribution in [3.63, 3.8) is 0 Å². The van der Waals surface area contributed by atoms with E-state index in [2.05, 4.69) is 10.3 Å². The molecule has 6 heteroatoms. The summed E-state index contributed by atoms with van der Waals surface area (Å²) in [7, 11) is 1.78. The van der Waals surface area contributed by atoms with Gasteiger partial charge in [0, 0.05) is 38.8 Å². The van der Waals surface area contributed by atoms with Crippen LogP contribution in [0.2, 0.25) is 0 Å². The van der Waals surface area contributed by atoms with E-state index in [0.29, 0.717) is 25.5 Å². The first-order chi connectivity index (χ1) is 9.60. The summed E-state index contributed by atoms with van der Waals surface area (Å²) >= 11 is 0. The van der Waals surface area contributed by atoms with E-state index in [1.54, 1.807) is 11.7 Å². The summed E-state index contributed by atoms with van der Waals surface area (Å²) in [5.74, 6) is 0.704. The van der Waals surface area contributed by atoms with Crippen molar-refractivity contribution in [1.29, 1.82) is 0 Å². The Morgan fingerprint density at radius 3 is 2.50 bits per heavy atom. The lowest BCUT2D eigenvalue weighted by molar-refractivity contribution is 0.481. The molecule has 20 heavy (non-hydrogen) atoms. The van der Waals surface area contributed by atoms with Gasteiger partial charge in [-0.3, -0.25) is 14.5 Å². The lowest BCUT2D eigenvalue weighted by Gasteiger charge is -2.13. The van der Waals surface area contributed by atoms with Gasteiger partial charge in [-0.2, -0.15) is 0 Å². The number of aromatic nitrogens is 2. The summed E-state index contributed by atoms with van der Waals surface area (Å²) < 4.78 is 3.54. The standard InChI is InChI=1S/C14H25N5O/c1-5-8-11(16-4)9-10-17-13-12(15)14(20)19(7-3)18(13)6-2/h5,8,17H,6-7,9-10,15H2,1-4H3/b8-5-,16-11?. The second kappa shape index (κ2) is 7.57. The fourth-order valence-electron chi connectivity index (χ4n) is 2.21. The third-order valence-corrected chi connectivity index (χ3v) is 3.19. The first kappa shape index (κ1) is 16.1. The minimum absolute atomic E-state index is 0.130. The highest BCUT2D eigenvalue weighted by Gasteiger charge is 2.15. The summed E-state index contributed by atoms with van der Waals surface area (Å²) in [4.78, 5) is 16.2. The molecule has 0 spiro atoms. The number of nitrogen functional groups attached to an aromatic ring is 1. The van der Waals surface area contributed by atoms with Crippen molar-refractivity contribution >= 4 is 17.2 Å². The Bertz CT molecular complexity index is 551. The van der Waals surface area contributed by atoms with Gasteiger partial charge in [0.05, 0.1) is 0 Å². The Morgan fingerprint density at radius 2 is 2.00 bits per heavy atom. The van der Waals surface area contributed by atoms with Crippen molar-refractivity contribution in [1.82, 2.24) is 9.36 Å². The molecule has 3 N–H and O–H groups in total. The van der Waals surface area contributed by atoms with Crippen LogP contribution >= 0.6 is 0 Å². The minimum atomic E-state index is -0.130. The Morgan fingerprint density at radius 1 is 1.35 bits per heavy atom. The molecule has 0 aliphatic carbocycles. The first-order valence-corrected chi connectivity index (χ1v) is 7.01. The van der Waals surface area contributed by atoms with Crippen molar-refractivity contribution < 1.29 is 0 Å². The summed E-state index contributed by atoms with van der Waals surface area (Å²) in [5.41, 5.74) is 7.07. The van der Waals surface area contributed by atoms with Gasteiger partial charge in [-0.1, -0.05) is 6.08 Å². The highest BCUT2D eigenvalue weighted by Crippen LogP contribution is 2.15. The zero-order chi connectivity index (χ0) is 15.1. The molecule has 1 heterocycles. The van der Waals surface area contributed by atoms with Gasteiger partial charge in [0.2, 0.25) is 0 Å². The van der Waals surface area contributed by atoms with Crippen LogP contribution in [-0.4, -0.2) is 28.7 Å². The second-order valence-corrected chi connectivity index (χ2v) is 4.39. The van der Waals surface area contributed by atoms with Crippen molar-refractivity contribution in [2.24, 2.45) is 4.99 Å². The maximum atomic E-state index is 12.0. The zero-order valence-electron chi connectivity index (χ0n) is 12.8. The molecule has 0 unspecified atom stereocenters. The third-order valence-electron chi connectivity index (χ3n) is 3.19. The number of nitrogens with zero attached hydrogens (tertiary/aromatic N) is 3. The molecule has 0 amide bonds. The van der Waals surface area contributed by atoms with E-state index < -0.39 is 0 Å². The summed E-state index contributed by atoms with van der Waals surface area (Å²) in [6.45, 7) is 7.89. The fourth-order valence-corrected chi connectivity index (χ4v) is 2.21. The van der Waals surface area contributed by atoms with Crippen LogP contribution in [0.1, 0.15) is 27.2 Å². The average molecular weight is 279 g/mol. The number of hydrogen-bond acceptors (Lipinski definition) is 4. The van der Waals surface area contributed by atoms with Crippen LogP contribution < -0.4 is 16.6 Å². The maximum Gasteiger partial charge on any atom is 0.292 e. The summed E-state index contributed by atoms with van der Waals surface area (Å²) in [6.07, 6.45) is 4.73. The third kappa shape index (κ3) is 3.31. The van der Waals surface area contributed by atoms with E-state index >= 15 is 0 Å². The molecule has 1 rings (SSSR count). The van der Waals surface area contributed by atoms with Gasteiger partial charge in [-0.15, -0.1) is 0 Å². The second-order valence-electron chi connectivity index (χ2n) is 4.39. The van der Waals surface area contributed by atoms with Crippen molar-refractivity contribution in [3.8, 4) is 0 Å². The molecular weight excluding hydrogens is 254 g/mol. The van der Waals surface area contributed by atoms with Gasteiger partial charge in [-0.05, 0) is 26.8 Å². The maximum absolute atomic E-state index is 12.0. The van der Waals surface area contributed by atoms with Crippen molar-refractivity contribution in [3.05, 3.63) is 22.5 Å². The molecule has 112 valence electrons. The predicted octanol–water partition coefficient (Wildman–Crippen LogP) is 1.72. The lowest BCUT2D eigenvalue weighted by atomic mass is 10.2. The van der Waals surface area contributed by atoms with Crippen molar-refractivity contribution in [2.75, 3.05) is 24.6 Å². The number of nitrogens with two attached hydrogens (primary N) is 1. The number of aliphatic imine (C=N–C) groups is 1. The molecule has 1 aromatic rings. The molecule has 0 atom stereocenters. The van der Waals surface area contributed by atoms with Crippen molar-refractivity contribution in [2.45, 2.75) is 40.3 Å². The van der Waals surface area contributed by atoms with Crippen LogP contribution in [-0.2, 0) is 13.1 Å². The first-order valence-electron chi connectivity index (χ1n) is 7.01. The van der Waals surface area contributed by atoms with Crippen LogP contribution in [0, 0.1) is 0 Å². The highest BCUT2D eigenvalue weighted by atomic mass is 16.1. The number of nitrogens with one attached hydrogen (secondary N) is 1. The number of anilines is 2. The predicted molar refractivity (Wildman–Crippen MR) is 85.7 cm³/mol. The van der Waals surface area contributed by atoms with Crippen LogP contribution in [0.4, 0.5) is 11.5 Å². The van der Waals surface area contributed by atoms with Gasteiger partial charge in [0.15, 0.2) is 0 Å². The SMILES string of the molecule is C/C=C\C(CCNc1c(N)c(=O)n(CC)n1CC)=NC. The zero-order valence-corrected chi connectivity index (χ0v) is 12.8. The minimum Gasteiger partial charge on any atom is -0.391 e. The molecule has 0 saturated heterocycles. The van der Waals surface area contributed by atoms with E-state index in [4.69, 9.17) is 5.73 Å². The normalized spacial score (nSPS) is 12.3. The van der Waals surface area contributed by atoms with E-state index in [0.717, 1.165) is 12.1 Å². The molecular formula is C14H25N5O. The van der Waals surface area contributed by atoms with Crippen LogP contribution in [0.15, 0.2) is 21.9 Å². The van der Waals surface area contributed by atoms with Gasteiger partial charge in [0.1, 0.15) is 11.5 Å². The molecule has 0 radical (unpaired) electrons. The van der Waals surface area contributed by atoms with Crippen LogP contribution in [0.25, 0.3) is 0 Å². The van der Waals surface area contributed by atoms with E-state index in [-0.39, 0.29) is 11.2 Å². The highest BCUT2D eigenvalue weighted by molar-refractivity contribution is 5.95. The summed E-state index contributed by atoms with van der Waals surface area (Å²) in [6, 6.07) is 0. The smallest absolute Gasteiger partial charge is 0.292 e. The number of rotatable bonds is 7. The van der Waals surface area contributed by atoms with E-state index in [1.807, 2.05) is 37.6 Å². The topological polar surface area (TPSA) is 77.3 Å². The fraction of sp³-hybridized carbons (Fsp3) is 0.571. The molecule has 0 aromatic carbocycles. The van der Waals surface area contributed by atoms with E-state index in [1.165, 1.54) is 0 Å². The Balaban J connectivity index is 2.86. The molecule has 0 fully saturated rings. The lowest BCUT2D eigenvalue weighted by Crippen LogP contribution is -2.22. The largest absolute Gasteiger partial charge is 0.391 e. The average Bonchev–Trinajstić information content (AvgIpc) is 2.69.